The Bertz CT molecular complexity index is 478. The van der Waals surface area contributed by atoms with E-state index < -0.39 is 0 Å². The summed E-state index contributed by atoms with van der Waals surface area (Å²) in [5, 5.41) is 14.0. The number of unbranched alkanes of at least 4 members (excludes halogenated alkanes) is 2. The number of hydrogen-bond acceptors (Lipinski definition) is 5. The van der Waals surface area contributed by atoms with Crippen molar-refractivity contribution in [1.82, 2.24) is 20.2 Å². The van der Waals surface area contributed by atoms with Gasteiger partial charge in [0.2, 0.25) is 5.95 Å². The lowest BCUT2D eigenvalue weighted by Gasteiger charge is -2.07. The van der Waals surface area contributed by atoms with Crippen molar-refractivity contribution in [1.29, 1.82) is 0 Å². The molecule has 0 spiro atoms. The third-order valence-electron chi connectivity index (χ3n) is 2.61. The summed E-state index contributed by atoms with van der Waals surface area (Å²) in [5.74, 6) is 1.43. The number of anilines is 2. The van der Waals surface area contributed by atoms with Gasteiger partial charge < -0.3 is 10.6 Å². The van der Waals surface area contributed by atoms with Crippen molar-refractivity contribution >= 4 is 22.8 Å². The average molecular weight is 234 g/mol. The van der Waals surface area contributed by atoms with E-state index in [2.05, 4.69) is 37.7 Å². The van der Waals surface area contributed by atoms with Crippen LogP contribution in [0.4, 0.5) is 11.8 Å². The normalized spacial score (nSPS) is 10.7. The quantitative estimate of drug-likeness (QED) is 0.666. The average Bonchev–Trinajstić information content (AvgIpc) is 2.82. The van der Waals surface area contributed by atoms with E-state index >= 15 is 0 Å². The van der Waals surface area contributed by atoms with Gasteiger partial charge in [-0.25, -0.2) is 0 Å². The van der Waals surface area contributed by atoms with Crippen LogP contribution in [-0.2, 0) is 0 Å². The molecular weight excluding hydrogens is 216 g/mol. The van der Waals surface area contributed by atoms with Gasteiger partial charge in [0, 0.05) is 13.6 Å². The third-order valence-corrected chi connectivity index (χ3v) is 2.61. The van der Waals surface area contributed by atoms with Gasteiger partial charge in [-0.05, 0) is 6.42 Å². The minimum atomic E-state index is 0.597. The number of nitrogens with zero attached hydrogens (tertiary/aromatic N) is 3. The molecule has 0 bridgehead atoms. The van der Waals surface area contributed by atoms with Crippen LogP contribution in [-0.4, -0.2) is 33.8 Å². The molecule has 6 nitrogen and oxygen atoms in total. The number of hydrogen-bond donors (Lipinski definition) is 3. The molecule has 0 aliphatic heterocycles. The van der Waals surface area contributed by atoms with Crippen LogP contribution in [0.2, 0.25) is 0 Å². The smallest absolute Gasteiger partial charge is 0.226 e. The van der Waals surface area contributed by atoms with Crippen LogP contribution in [0.1, 0.15) is 26.2 Å². The van der Waals surface area contributed by atoms with Gasteiger partial charge in [0.1, 0.15) is 5.82 Å². The summed E-state index contributed by atoms with van der Waals surface area (Å²) in [6.07, 6.45) is 5.34. The first kappa shape index (κ1) is 11.6. The van der Waals surface area contributed by atoms with Gasteiger partial charge in [-0.3, -0.25) is 5.10 Å². The molecule has 0 unspecified atom stereocenters. The molecular formula is C11H18N6. The Labute approximate surface area is 100 Å². The van der Waals surface area contributed by atoms with Crippen LogP contribution in [0.25, 0.3) is 11.0 Å². The van der Waals surface area contributed by atoms with Crippen molar-refractivity contribution in [3.8, 4) is 0 Å². The molecule has 0 amide bonds. The lowest BCUT2D eigenvalue weighted by atomic mass is 10.2. The summed E-state index contributed by atoms with van der Waals surface area (Å²) in [6.45, 7) is 3.12. The van der Waals surface area contributed by atoms with E-state index in [1.807, 2.05) is 0 Å². The predicted molar refractivity (Wildman–Crippen MR) is 69.2 cm³/mol. The lowest BCUT2D eigenvalue weighted by molar-refractivity contribution is 0.743. The van der Waals surface area contributed by atoms with E-state index in [0.717, 1.165) is 29.8 Å². The number of aromatic amines is 1. The minimum absolute atomic E-state index is 0.597. The summed E-state index contributed by atoms with van der Waals surface area (Å²) < 4.78 is 0. The number of aromatic nitrogens is 4. The molecule has 0 fully saturated rings. The van der Waals surface area contributed by atoms with Crippen molar-refractivity contribution in [3.63, 3.8) is 0 Å². The first-order chi connectivity index (χ1) is 8.35. The summed E-state index contributed by atoms with van der Waals surface area (Å²) in [7, 11) is 1.80. The van der Waals surface area contributed by atoms with E-state index in [4.69, 9.17) is 0 Å². The Morgan fingerprint density at radius 1 is 1.29 bits per heavy atom. The Kier molecular flexibility index (Phi) is 3.74. The minimum Gasteiger partial charge on any atom is -0.369 e. The van der Waals surface area contributed by atoms with Gasteiger partial charge in [0.25, 0.3) is 0 Å². The Morgan fingerprint density at radius 2 is 2.18 bits per heavy atom. The second kappa shape index (κ2) is 5.47. The van der Waals surface area contributed by atoms with Gasteiger partial charge in [-0.15, -0.1) is 0 Å². The number of H-pyrrole nitrogens is 1. The molecule has 2 heterocycles. The zero-order valence-electron chi connectivity index (χ0n) is 10.2. The zero-order valence-corrected chi connectivity index (χ0v) is 10.2. The Morgan fingerprint density at radius 3 is 2.94 bits per heavy atom. The molecule has 3 N–H and O–H groups in total. The lowest BCUT2D eigenvalue weighted by Crippen LogP contribution is -2.06. The maximum absolute atomic E-state index is 4.40. The summed E-state index contributed by atoms with van der Waals surface area (Å²) in [5.41, 5.74) is 0.752. The fraction of sp³-hybridized carbons (Fsp3) is 0.545. The maximum Gasteiger partial charge on any atom is 0.226 e. The monoisotopic (exact) mass is 234 g/mol. The summed E-state index contributed by atoms with van der Waals surface area (Å²) >= 11 is 0. The van der Waals surface area contributed by atoms with Crippen LogP contribution in [0.15, 0.2) is 6.20 Å². The van der Waals surface area contributed by atoms with Gasteiger partial charge in [-0.1, -0.05) is 19.8 Å². The third kappa shape index (κ3) is 2.64. The molecule has 0 saturated carbocycles. The number of nitrogens with one attached hydrogen (secondary N) is 3. The topological polar surface area (TPSA) is 78.5 Å². The van der Waals surface area contributed by atoms with Crippen LogP contribution in [0.3, 0.4) is 0 Å². The highest BCUT2D eigenvalue weighted by molar-refractivity contribution is 5.86. The van der Waals surface area contributed by atoms with Gasteiger partial charge >= 0.3 is 0 Å². The molecule has 2 rings (SSSR count). The fourth-order valence-electron chi connectivity index (χ4n) is 1.66. The highest BCUT2D eigenvalue weighted by Gasteiger charge is 2.07. The molecule has 17 heavy (non-hydrogen) atoms. The summed E-state index contributed by atoms with van der Waals surface area (Å²) in [6, 6.07) is 0. The highest BCUT2D eigenvalue weighted by Crippen LogP contribution is 2.19. The van der Waals surface area contributed by atoms with Gasteiger partial charge in [0.15, 0.2) is 5.65 Å². The molecule has 2 aromatic heterocycles. The second-order valence-electron chi connectivity index (χ2n) is 3.91. The van der Waals surface area contributed by atoms with E-state index in [1.54, 1.807) is 13.2 Å². The van der Waals surface area contributed by atoms with Crippen molar-refractivity contribution in [2.24, 2.45) is 0 Å². The first-order valence-electron chi connectivity index (χ1n) is 5.98. The zero-order chi connectivity index (χ0) is 12.1. The largest absolute Gasteiger partial charge is 0.369 e. The van der Waals surface area contributed by atoms with Crippen LogP contribution >= 0.6 is 0 Å². The van der Waals surface area contributed by atoms with E-state index in [9.17, 15) is 0 Å². The van der Waals surface area contributed by atoms with Crippen LogP contribution in [0, 0.1) is 0 Å². The molecule has 0 aliphatic rings. The molecule has 0 radical (unpaired) electrons. The maximum atomic E-state index is 4.40. The van der Waals surface area contributed by atoms with Crippen LogP contribution < -0.4 is 10.6 Å². The summed E-state index contributed by atoms with van der Waals surface area (Å²) in [4.78, 5) is 8.67. The number of rotatable bonds is 6. The van der Waals surface area contributed by atoms with Gasteiger partial charge in [-0.2, -0.15) is 15.1 Å². The fourth-order valence-corrected chi connectivity index (χ4v) is 1.66. The molecule has 2 aromatic rings. The Balaban J connectivity index is 2.16. The van der Waals surface area contributed by atoms with Crippen LogP contribution in [0.5, 0.6) is 0 Å². The van der Waals surface area contributed by atoms with Crippen molar-refractivity contribution in [2.45, 2.75) is 26.2 Å². The SMILES string of the molecule is CCCCCNc1nc(NC)nc2[nH]ncc12. The number of fused-ring (bicyclic) bond motifs is 1. The van der Waals surface area contributed by atoms with Crippen molar-refractivity contribution in [3.05, 3.63) is 6.20 Å². The van der Waals surface area contributed by atoms with Crippen molar-refractivity contribution < 1.29 is 0 Å². The molecule has 0 aliphatic carbocycles. The highest BCUT2D eigenvalue weighted by atomic mass is 15.2. The van der Waals surface area contributed by atoms with E-state index in [0.29, 0.717) is 5.95 Å². The van der Waals surface area contributed by atoms with E-state index in [1.165, 1.54) is 12.8 Å². The van der Waals surface area contributed by atoms with E-state index in [-0.39, 0.29) is 0 Å². The van der Waals surface area contributed by atoms with Crippen molar-refractivity contribution in [2.75, 3.05) is 24.2 Å². The second-order valence-corrected chi connectivity index (χ2v) is 3.91. The predicted octanol–water partition coefficient (Wildman–Crippen LogP) is 2.00. The molecule has 92 valence electrons. The standard InChI is InChI=1S/C11H18N6/c1-3-4-5-6-13-9-8-7-14-17-10(8)16-11(12-2)15-9/h7H,3-6H2,1-2H3,(H3,12,13,14,15,16,17). The molecule has 0 aromatic carbocycles. The first-order valence-corrected chi connectivity index (χ1v) is 5.98. The Hall–Kier alpha value is -1.85. The molecule has 0 atom stereocenters. The molecule has 6 heteroatoms. The molecule has 0 saturated heterocycles. The van der Waals surface area contributed by atoms with Gasteiger partial charge in [0.05, 0.1) is 11.6 Å².